The predicted molar refractivity (Wildman–Crippen MR) is 113 cm³/mol. The number of thioether (sulfide) groups is 2. The molecule has 1 saturated heterocycles. The molecule has 0 saturated carbocycles. The van der Waals surface area contributed by atoms with Gasteiger partial charge in [-0.05, 0) is 12.5 Å². The standard InChI is InChI=1S/C15H15F3N4O7S4/c1-6(30)21(5-15(16,17)18)10-11(23)22-9(13(24)25)7(2-31-12(10)22)3-32-14-20-19-8(29-14)4-33(26,27)28/h10,12H,2-5H2,1H3,(H,24,25)(H,26,27,28)/t10?,12-/m0/s1. The number of carbonyl (C=O) groups excluding carboxylic acids is 1. The number of hydrogen-bond acceptors (Lipinski definition) is 10. The normalized spacial score (nSPS) is 21.0. The number of carboxylic acids is 1. The largest absolute Gasteiger partial charge is 0.477 e. The van der Waals surface area contributed by atoms with Gasteiger partial charge in [-0.25, -0.2) is 4.79 Å². The number of amides is 1. The zero-order valence-corrected chi connectivity index (χ0v) is 19.7. The molecule has 2 aliphatic heterocycles. The highest BCUT2D eigenvalue weighted by Gasteiger charge is 2.57. The molecule has 182 valence electrons. The summed E-state index contributed by atoms with van der Waals surface area (Å²) in [6.45, 7) is -0.164. The van der Waals surface area contributed by atoms with Crippen molar-refractivity contribution < 1.29 is 45.3 Å². The molecule has 33 heavy (non-hydrogen) atoms. The summed E-state index contributed by atoms with van der Waals surface area (Å²) in [5.41, 5.74) is -0.0596. The van der Waals surface area contributed by atoms with E-state index in [2.05, 4.69) is 10.2 Å². The Morgan fingerprint density at radius 3 is 2.64 bits per heavy atom. The molecule has 1 amide bonds. The van der Waals surface area contributed by atoms with Gasteiger partial charge in [0.15, 0.2) is 5.75 Å². The average molecular weight is 549 g/mol. The highest BCUT2D eigenvalue weighted by atomic mass is 32.2. The number of nitrogens with zero attached hydrogens (tertiary/aromatic N) is 4. The summed E-state index contributed by atoms with van der Waals surface area (Å²) in [7, 11) is -4.38. The summed E-state index contributed by atoms with van der Waals surface area (Å²) >= 11 is 6.85. The number of aliphatic carboxylic acids is 1. The third kappa shape index (κ3) is 5.97. The van der Waals surface area contributed by atoms with Crippen molar-refractivity contribution in [3.8, 4) is 0 Å². The number of fused-ring (bicyclic) bond motifs is 1. The van der Waals surface area contributed by atoms with E-state index in [9.17, 15) is 36.3 Å². The molecule has 1 aromatic heterocycles. The number of alkyl halides is 3. The van der Waals surface area contributed by atoms with Crippen LogP contribution in [-0.4, -0.2) is 90.6 Å². The maximum atomic E-state index is 13.0. The SMILES string of the molecule is CC(=S)N(CC(F)(F)F)C1C(=O)N2C(C(=O)O)=C(CSc3nnc(CS(=O)(=O)O)o3)CS[C@@H]12. The minimum atomic E-state index is -4.61. The first-order chi connectivity index (χ1) is 15.2. The van der Waals surface area contributed by atoms with Crippen LogP contribution >= 0.6 is 35.7 Å². The number of rotatable bonds is 8. The van der Waals surface area contributed by atoms with Gasteiger partial charge < -0.3 is 14.4 Å². The zero-order chi connectivity index (χ0) is 24.7. The van der Waals surface area contributed by atoms with Gasteiger partial charge in [-0.1, -0.05) is 24.0 Å². The van der Waals surface area contributed by atoms with Crippen LogP contribution < -0.4 is 0 Å². The van der Waals surface area contributed by atoms with Crippen LogP contribution in [0.15, 0.2) is 20.9 Å². The maximum Gasteiger partial charge on any atom is 0.405 e. The Bertz CT molecular complexity index is 1120. The number of carbonyl (C=O) groups is 2. The fourth-order valence-corrected chi connectivity index (χ4v) is 6.13. The molecule has 0 bridgehead atoms. The van der Waals surface area contributed by atoms with E-state index in [1.54, 1.807) is 0 Å². The lowest BCUT2D eigenvalue weighted by atomic mass is 10.0. The first-order valence-corrected chi connectivity index (χ1v) is 12.9. The molecule has 11 nitrogen and oxygen atoms in total. The van der Waals surface area contributed by atoms with Crippen LogP contribution in [0.1, 0.15) is 12.8 Å². The number of hydrogen-bond donors (Lipinski definition) is 2. The van der Waals surface area contributed by atoms with E-state index in [0.717, 1.165) is 33.3 Å². The van der Waals surface area contributed by atoms with Gasteiger partial charge in [0.25, 0.3) is 21.2 Å². The first kappa shape index (κ1) is 25.7. The monoisotopic (exact) mass is 548 g/mol. The third-order valence-corrected chi connectivity index (χ3v) is 7.51. The molecule has 1 unspecified atom stereocenters. The van der Waals surface area contributed by atoms with Gasteiger partial charge in [0.1, 0.15) is 23.7 Å². The topological polar surface area (TPSA) is 154 Å². The van der Waals surface area contributed by atoms with Crippen molar-refractivity contribution in [2.45, 2.75) is 35.5 Å². The van der Waals surface area contributed by atoms with Crippen LogP contribution in [0.25, 0.3) is 0 Å². The molecule has 0 radical (unpaired) electrons. The Morgan fingerprint density at radius 1 is 1.42 bits per heavy atom. The lowest BCUT2D eigenvalue weighted by Crippen LogP contribution is -2.71. The molecule has 2 aliphatic rings. The van der Waals surface area contributed by atoms with Gasteiger partial charge in [0.2, 0.25) is 5.89 Å². The van der Waals surface area contributed by atoms with Gasteiger partial charge in [0.05, 0.1) is 4.99 Å². The molecule has 0 aliphatic carbocycles. The first-order valence-electron chi connectivity index (χ1n) is 8.82. The summed E-state index contributed by atoms with van der Waals surface area (Å²) < 4.78 is 74.5. The van der Waals surface area contributed by atoms with E-state index in [-0.39, 0.29) is 38.9 Å². The summed E-state index contributed by atoms with van der Waals surface area (Å²) in [4.78, 5) is 26.1. The van der Waals surface area contributed by atoms with Crippen LogP contribution in [0.5, 0.6) is 0 Å². The molecule has 0 aromatic carbocycles. The van der Waals surface area contributed by atoms with Crippen molar-refractivity contribution >= 4 is 62.7 Å². The fraction of sp³-hybridized carbons (Fsp3) is 0.533. The highest BCUT2D eigenvalue weighted by molar-refractivity contribution is 8.01. The van der Waals surface area contributed by atoms with Crippen molar-refractivity contribution in [3.05, 3.63) is 17.2 Å². The molecule has 1 fully saturated rings. The van der Waals surface area contributed by atoms with E-state index in [1.165, 1.54) is 6.92 Å². The molecular formula is C15H15F3N4O7S4. The van der Waals surface area contributed by atoms with E-state index in [0.29, 0.717) is 0 Å². The molecule has 1 aromatic rings. The Balaban J connectivity index is 1.77. The third-order valence-electron chi connectivity index (χ3n) is 4.44. The fourth-order valence-electron chi connectivity index (χ4n) is 3.19. The minimum Gasteiger partial charge on any atom is -0.477 e. The second kappa shape index (κ2) is 9.40. The van der Waals surface area contributed by atoms with Crippen LogP contribution in [0.3, 0.4) is 0 Å². The van der Waals surface area contributed by atoms with Crippen LogP contribution in [-0.2, 0) is 25.5 Å². The molecule has 2 N–H and O–H groups in total. The second-order valence-electron chi connectivity index (χ2n) is 6.85. The Morgan fingerprint density at radius 2 is 2.09 bits per heavy atom. The zero-order valence-electron chi connectivity index (χ0n) is 16.5. The number of thiocarbonyl (C=S) groups is 1. The average Bonchev–Trinajstić information content (AvgIpc) is 3.09. The van der Waals surface area contributed by atoms with Crippen molar-refractivity contribution in [3.63, 3.8) is 0 Å². The van der Waals surface area contributed by atoms with Crippen molar-refractivity contribution in [2.75, 3.05) is 18.1 Å². The lowest BCUT2D eigenvalue weighted by molar-refractivity contribution is -0.163. The quantitative estimate of drug-likeness (QED) is 0.208. The van der Waals surface area contributed by atoms with Gasteiger partial charge in [-0.2, -0.15) is 21.6 Å². The second-order valence-corrected chi connectivity index (χ2v) is 10.9. The predicted octanol–water partition coefficient (Wildman–Crippen LogP) is 1.38. The van der Waals surface area contributed by atoms with E-state index in [4.69, 9.17) is 21.2 Å². The summed E-state index contributed by atoms with van der Waals surface area (Å²) in [6.07, 6.45) is -4.61. The summed E-state index contributed by atoms with van der Waals surface area (Å²) in [6, 6.07) is -1.24. The molecular weight excluding hydrogens is 533 g/mol. The van der Waals surface area contributed by atoms with Crippen LogP contribution in [0.4, 0.5) is 13.2 Å². The van der Waals surface area contributed by atoms with Crippen molar-refractivity contribution in [2.24, 2.45) is 0 Å². The summed E-state index contributed by atoms with van der Waals surface area (Å²) in [5.74, 6) is -3.43. The Labute approximate surface area is 198 Å². The number of carboxylic acid groups (broad SMARTS) is 1. The van der Waals surface area contributed by atoms with Gasteiger partial charge in [-0.15, -0.1) is 22.0 Å². The van der Waals surface area contributed by atoms with Crippen molar-refractivity contribution in [1.82, 2.24) is 20.0 Å². The van der Waals surface area contributed by atoms with E-state index >= 15 is 0 Å². The Kier molecular flexibility index (Phi) is 7.33. The van der Waals surface area contributed by atoms with Gasteiger partial charge in [0, 0.05) is 11.5 Å². The highest BCUT2D eigenvalue weighted by Crippen LogP contribution is 2.44. The number of halogens is 3. The van der Waals surface area contributed by atoms with Crippen LogP contribution in [0.2, 0.25) is 0 Å². The lowest BCUT2D eigenvalue weighted by Gasteiger charge is -2.53. The smallest absolute Gasteiger partial charge is 0.405 e. The maximum absolute atomic E-state index is 13.0. The minimum absolute atomic E-state index is 0.0260. The van der Waals surface area contributed by atoms with Crippen LogP contribution in [0, 0.1) is 0 Å². The molecule has 0 spiro atoms. The summed E-state index contributed by atoms with van der Waals surface area (Å²) in [5, 5.41) is 15.8. The van der Waals surface area contributed by atoms with E-state index < -0.39 is 51.9 Å². The molecule has 2 atom stereocenters. The number of β-lactam (4-membered cyclic amide) rings is 1. The van der Waals surface area contributed by atoms with Crippen molar-refractivity contribution in [1.29, 1.82) is 0 Å². The van der Waals surface area contributed by atoms with Gasteiger partial charge in [-0.3, -0.25) is 14.2 Å². The molecule has 18 heteroatoms. The number of aromatic nitrogens is 2. The van der Waals surface area contributed by atoms with Gasteiger partial charge >= 0.3 is 12.1 Å². The van der Waals surface area contributed by atoms with E-state index in [1.807, 2.05) is 0 Å². The molecule has 3 rings (SSSR count). The molecule has 3 heterocycles. The Hall–Kier alpha value is -1.89.